The van der Waals surface area contributed by atoms with Crippen LogP contribution in [-0.2, 0) is 0 Å². The van der Waals surface area contributed by atoms with Gasteiger partial charge in [-0.1, -0.05) is 0 Å². The van der Waals surface area contributed by atoms with Crippen molar-refractivity contribution >= 4 is 62.6 Å². The van der Waals surface area contributed by atoms with Crippen LogP contribution < -0.4 is 0 Å². The van der Waals surface area contributed by atoms with Gasteiger partial charge in [-0.25, -0.2) is 4.79 Å². The summed E-state index contributed by atoms with van der Waals surface area (Å²) < 4.78 is 1.66. The van der Waals surface area contributed by atoms with Crippen LogP contribution in [0.2, 0.25) is 0 Å². The number of carboxylic acids is 1. The lowest BCUT2D eigenvalue weighted by Gasteiger charge is -2.03. The lowest BCUT2D eigenvalue weighted by atomic mass is 10.2. The van der Waals surface area contributed by atoms with E-state index in [4.69, 9.17) is 5.11 Å². The van der Waals surface area contributed by atoms with Crippen molar-refractivity contribution in [3.05, 3.63) is 26.6 Å². The second-order valence-corrected chi connectivity index (χ2v) is 5.25. The number of aromatic carboxylic acids is 1. The van der Waals surface area contributed by atoms with Gasteiger partial charge in [-0.2, -0.15) is 0 Å². The van der Waals surface area contributed by atoms with Crippen LogP contribution in [0.1, 0.15) is 10.4 Å². The highest BCUT2D eigenvalue weighted by Crippen LogP contribution is 2.33. The van der Waals surface area contributed by atoms with Crippen LogP contribution in [0.25, 0.3) is 10.1 Å². The second kappa shape index (κ2) is 3.71. The van der Waals surface area contributed by atoms with Crippen molar-refractivity contribution in [1.29, 1.82) is 0 Å². The van der Waals surface area contributed by atoms with Crippen molar-refractivity contribution < 1.29 is 9.90 Å². The molecule has 1 heterocycles. The minimum Gasteiger partial charge on any atom is -0.478 e. The molecule has 0 amide bonds. The second-order valence-electron chi connectivity index (χ2n) is 2.73. The molecule has 0 fully saturated rings. The molecule has 72 valence electrons. The summed E-state index contributed by atoms with van der Waals surface area (Å²) in [5, 5.41) is 12.0. The standard InChI is InChI=1S/C9H5IO2S2/c10-5-3-4-1-2-14-8(4)7(13)6(5)9(11)12/h1-3,13H,(H,11,12). The first kappa shape index (κ1) is 10.3. The summed E-state index contributed by atoms with van der Waals surface area (Å²) in [5.74, 6) is -0.922. The van der Waals surface area contributed by atoms with Gasteiger partial charge in [-0.05, 0) is 45.5 Å². The van der Waals surface area contributed by atoms with Crippen LogP contribution in [0.4, 0.5) is 0 Å². The highest BCUT2D eigenvalue weighted by molar-refractivity contribution is 14.1. The lowest BCUT2D eigenvalue weighted by molar-refractivity contribution is 0.0692. The lowest BCUT2D eigenvalue weighted by Crippen LogP contribution is -2.01. The maximum atomic E-state index is 11.0. The number of hydrogen-bond acceptors (Lipinski definition) is 3. The van der Waals surface area contributed by atoms with Crippen molar-refractivity contribution in [3.8, 4) is 0 Å². The van der Waals surface area contributed by atoms with Crippen LogP contribution in [0.3, 0.4) is 0 Å². The van der Waals surface area contributed by atoms with E-state index in [1.807, 2.05) is 40.1 Å². The minimum absolute atomic E-state index is 0.295. The van der Waals surface area contributed by atoms with Gasteiger partial charge in [-0.15, -0.1) is 24.0 Å². The molecule has 1 aromatic heterocycles. The van der Waals surface area contributed by atoms with E-state index in [-0.39, 0.29) is 0 Å². The van der Waals surface area contributed by atoms with Crippen LogP contribution >= 0.6 is 46.6 Å². The minimum atomic E-state index is -0.922. The topological polar surface area (TPSA) is 37.3 Å². The number of carbonyl (C=O) groups is 1. The van der Waals surface area contributed by atoms with E-state index in [1.165, 1.54) is 11.3 Å². The average Bonchev–Trinajstić information content (AvgIpc) is 2.50. The van der Waals surface area contributed by atoms with E-state index in [1.54, 1.807) is 0 Å². The first-order chi connectivity index (χ1) is 6.61. The number of halogens is 1. The molecular weight excluding hydrogens is 331 g/mol. The van der Waals surface area contributed by atoms with Gasteiger partial charge in [0.05, 0.1) is 5.56 Å². The molecule has 0 radical (unpaired) electrons. The molecule has 14 heavy (non-hydrogen) atoms. The van der Waals surface area contributed by atoms with E-state index in [9.17, 15) is 4.79 Å². The van der Waals surface area contributed by atoms with Crippen LogP contribution in [-0.4, -0.2) is 11.1 Å². The Balaban J connectivity index is 2.89. The van der Waals surface area contributed by atoms with Crippen LogP contribution in [0.5, 0.6) is 0 Å². The molecule has 0 aliphatic heterocycles. The third-order valence-electron chi connectivity index (χ3n) is 1.88. The van der Waals surface area contributed by atoms with E-state index in [2.05, 4.69) is 12.6 Å². The Bertz CT molecular complexity index is 519. The van der Waals surface area contributed by atoms with E-state index < -0.39 is 5.97 Å². The first-order valence-corrected chi connectivity index (χ1v) is 6.14. The predicted molar refractivity (Wildman–Crippen MR) is 68.8 cm³/mol. The predicted octanol–water partition coefficient (Wildman–Crippen LogP) is 3.49. The molecule has 0 atom stereocenters. The quantitative estimate of drug-likeness (QED) is 0.618. The molecule has 1 N–H and O–H groups in total. The third kappa shape index (κ3) is 1.53. The van der Waals surface area contributed by atoms with Crippen LogP contribution in [0.15, 0.2) is 22.4 Å². The zero-order valence-corrected chi connectivity index (χ0v) is 10.7. The molecule has 0 unspecified atom stereocenters. The summed E-state index contributed by atoms with van der Waals surface area (Å²) in [6.45, 7) is 0. The van der Waals surface area contributed by atoms with Crippen molar-refractivity contribution in [1.82, 2.24) is 0 Å². The Kier molecular flexibility index (Phi) is 2.72. The molecule has 0 saturated carbocycles. The van der Waals surface area contributed by atoms with Crippen molar-refractivity contribution in [2.75, 3.05) is 0 Å². The molecule has 2 nitrogen and oxygen atoms in total. The fourth-order valence-corrected chi connectivity index (χ4v) is 3.64. The number of thiol groups is 1. The monoisotopic (exact) mass is 336 g/mol. The summed E-state index contributed by atoms with van der Waals surface area (Å²) in [5.41, 5.74) is 0.295. The van der Waals surface area contributed by atoms with Gasteiger partial charge in [0.2, 0.25) is 0 Å². The maximum Gasteiger partial charge on any atom is 0.337 e. The molecular formula is C9H5IO2S2. The Hall–Kier alpha value is -0.270. The summed E-state index contributed by atoms with van der Waals surface area (Å²) in [7, 11) is 0. The fourth-order valence-electron chi connectivity index (χ4n) is 1.26. The average molecular weight is 336 g/mol. The van der Waals surface area contributed by atoms with Gasteiger partial charge in [0.15, 0.2) is 0 Å². The van der Waals surface area contributed by atoms with Gasteiger partial charge in [0.1, 0.15) is 0 Å². The molecule has 0 spiro atoms. The molecule has 0 saturated heterocycles. The number of thiophene rings is 1. The maximum absolute atomic E-state index is 11.0. The highest BCUT2D eigenvalue weighted by atomic mass is 127. The number of hydrogen-bond donors (Lipinski definition) is 2. The molecule has 2 aromatic rings. The molecule has 0 aliphatic rings. The Labute approximate surface area is 103 Å². The van der Waals surface area contributed by atoms with Crippen molar-refractivity contribution in [2.45, 2.75) is 4.90 Å². The summed E-state index contributed by atoms with van der Waals surface area (Å²) in [4.78, 5) is 11.5. The van der Waals surface area contributed by atoms with E-state index in [0.29, 0.717) is 10.5 Å². The van der Waals surface area contributed by atoms with Crippen molar-refractivity contribution in [2.24, 2.45) is 0 Å². The first-order valence-electron chi connectivity index (χ1n) is 3.73. The van der Waals surface area contributed by atoms with Crippen molar-refractivity contribution in [3.63, 3.8) is 0 Å². The normalized spacial score (nSPS) is 10.7. The number of fused-ring (bicyclic) bond motifs is 1. The van der Waals surface area contributed by atoms with Crippen LogP contribution in [0, 0.1) is 3.57 Å². The molecule has 0 bridgehead atoms. The molecule has 2 rings (SSSR count). The Morgan fingerprint density at radius 3 is 2.93 bits per heavy atom. The van der Waals surface area contributed by atoms with Gasteiger partial charge < -0.3 is 5.11 Å². The Morgan fingerprint density at radius 2 is 2.29 bits per heavy atom. The SMILES string of the molecule is O=C(O)c1c(I)cc2ccsc2c1S. The molecule has 0 aliphatic carbocycles. The van der Waals surface area contributed by atoms with Gasteiger partial charge in [0, 0.05) is 13.2 Å². The summed E-state index contributed by atoms with van der Waals surface area (Å²) >= 11 is 7.80. The fraction of sp³-hybridized carbons (Fsp3) is 0. The smallest absolute Gasteiger partial charge is 0.337 e. The summed E-state index contributed by atoms with van der Waals surface area (Å²) in [6, 6.07) is 3.84. The summed E-state index contributed by atoms with van der Waals surface area (Å²) in [6.07, 6.45) is 0. The van der Waals surface area contributed by atoms with E-state index in [0.717, 1.165) is 13.7 Å². The van der Waals surface area contributed by atoms with Gasteiger partial charge in [-0.3, -0.25) is 0 Å². The Morgan fingerprint density at radius 1 is 1.57 bits per heavy atom. The largest absolute Gasteiger partial charge is 0.478 e. The van der Waals surface area contributed by atoms with Gasteiger partial charge in [0.25, 0.3) is 0 Å². The van der Waals surface area contributed by atoms with Gasteiger partial charge >= 0.3 is 5.97 Å². The molecule has 1 aromatic carbocycles. The number of rotatable bonds is 1. The number of benzene rings is 1. The zero-order valence-electron chi connectivity index (χ0n) is 6.82. The number of carboxylic acid groups (broad SMARTS) is 1. The van der Waals surface area contributed by atoms with E-state index >= 15 is 0 Å². The highest BCUT2D eigenvalue weighted by Gasteiger charge is 2.15. The third-order valence-corrected chi connectivity index (χ3v) is 4.28. The molecule has 5 heteroatoms. The zero-order chi connectivity index (χ0) is 10.3.